The highest BCUT2D eigenvalue weighted by molar-refractivity contribution is 5.70. The third-order valence-electron chi connectivity index (χ3n) is 4.13. The molecule has 0 aromatic heterocycles. The van der Waals surface area contributed by atoms with Crippen molar-refractivity contribution in [1.29, 1.82) is 0 Å². The van der Waals surface area contributed by atoms with E-state index >= 15 is 0 Å². The molecule has 0 aliphatic carbocycles. The van der Waals surface area contributed by atoms with Crippen LogP contribution in [0.15, 0.2) is 30.3 Å². The lowest BCUT2D eigenvalue weighted by molar-refractivity contribution is -0.931. The van der Waals surface area contributed by atoms with Crippen molar-refractivity contribution in [2.24, 2.45) is 0 Å². The summed E-state index contributed by atoms with van der Waals surface area (Å²) in [6, 6.07) is 9.43. The van der Waals surface area contributed by atoms with Crippen LogP contribution in [0.5, 0.6) is 0 Å². The van der Waals surface area contributed by atoms with Gasteiger partial charge in [0.2, 0.25) is 0 Å². The summed E-state index contributed by atoms with van der Waals surface area (Å²) in [5.41, 5.74) is 1.08. The van der Waals surface area contributed by atoms with Crippen molar-refractivity contribution in [3.63, 3.8) is 0 Å². The van der Waals surface area contributed by atoms with Gasteiger partial charge in [-0.3, -0.25) is 0 Å². The molecule has 1 unspecified atom stereocenters. The zero-order valence-corrected chi connectivity index (χ0v) is 11.0. The number of likely N-dealkylation sites (N-methyl/N-ethyl adjacent to an activating group) is 1. The summed E-state index contributed by atoms with van der Waals surface area (Å²) in [4.78, 5) is 11.5. The Labute approximate surface area is 109 Å². The molecule has 3 nitrogen and oxygen atoms in total. The van der Waals surface area contributed by atoms with Crippen LogP contribution in [-0.2, 0) is 11.2 Å². The number of quaternary nitrogens is 1. The molecule has 0 amide bonds. The largest absolute Gasteiger partial charge is 0.544 e. The maximum absolute atomic E-state index is 11.5. The molecule has 1 aromatic carbocycles. The van der Waals surface area contributed by atoms with Gasteiger partial charge in [-0.15, -0.1) is 0 Å². The second-order valence-electron chi connectivity index (χ2n) is 5.51. The predicted molar refractivity (Wildman–Crippen MR) is 68.7 cm³/mol. The molecule has 98 valence electrons. The van der Waals surface area contributed by atoms with Crippen LogP contribution in [0.4, 0.5) is 0 Å². The van der Waals surface area contributed by atoms with Gasteiger partial charge in [0.1, 0.15) is 6.04 Å². The number of carbonyl (C=O) groups excluding carboxylic acids is 1. The Kier molecular flexibility index (Phi) is 4.02. The quantitative estimate of drug-likeness (QED) is 0.744. The normalized spacial score (nSPS) is 20.3. The summed E-state index contributed by atoms with van der Waals surface area (Å²) in [5, 5.41) is 11.5. The van der Waals surface area contributed by atoms with Crippen molar-refractivity contribution >= 4 is 5.97 Å². The van der Waals surface area contributed by atoms with Crippen LogP contribution in [-0.4, -0.2) is 36.6 Å². The van der Waals surface area contributed by atoms with Crippen LogP contribution in [0.2, 0.25) is 0 Å². The SMILES string of the molecule is C[N+]1(C(Cc2ccccc2)C(=O)[O-])CCCCC1. The monoisotopic (exact) mass is 247 g/mol. The molecular weight excluding hydrogens is 226 g/mol. The third kappa shape index (κ3) is 2.91. The van der Waals surface area contributed by atoms with E-state index in [0.29, 0.717) is 10.9 Å². The molecule has 18 heavy (non-hydrogen) atoms. The van der Waals surface area contributed by atoms with Gasteiger partial charge in [-0.2, -0.15) is 0 Å². The number of rotatable bonds is 4. The number of likely N-dealkylation sites (tertiary alicyclic amines) is 1. The number of aliphatic carboxylic acids is 1. The van der Waals surface area contributed by atoms with Crippen molar-refractivity contribution in [2.45, 2.75) is 31.7 Å². The lowest BCUT2D eigenvalue weighted by Gasteiger charge is -2.44. The maximum atomic E-state index is 11.5. The van der Waals surface area contributed by atoms with E-state index in [1.165, 1.54) is 6.42 Å². The number of hydrogen-bond donors (Lipinski definition) is 0. The van der Waals surface area contributed by atoms with Crippen molar-refractivity contribution < 1.29 is 14.4 Å². The summed E-state index contributed by atoms with van der Waals surface area (Å²) in [6.07, 6.45) is 4.03. The molecule has 1 aromatic rings. The summed E-state index contributed by atoms with van der Waals surface area (Å²) in [7, 11) is 2.06. The first-order valence-corrected chi connectivity index (χ1v) is 6.71. The molecule has 1 fully saturated rings. The Morgan fingerprint density at radius 3 is 2.39 bits per heavy atom. The van der Waals surface area contributed by atoms with E-state index in [0.717, 1.165) is 31.5 Å². The minimum absolute atomic E-state index is 0.423. The topological polar surface area (TPSA) is 40.1 Å². The van der Waals surface area contributed by atoms with Crippen LogP contribution in [0.25, 0.3) is 0 Å². The van der Waals surface area contributed by atoms with Crippen molar-refractivity contribution in [3.05, 3.63) is 35.9 Å². The van der Waals surface area contributed by atoms with Crippen molar-refractivity contribution in [2.75, 3.05) is 20.1 Å². The van der Waals surface area contributed by atoms with E-state index in [1.807, 2.05) is 30.3 Å². The Hall–Kier alpha value is -1.35. The summed E-state index contributed by atoms with van der Waals surface area (Å²) >= 11 is 0. The van der Waals surface area contributed by atoms with Crippen LogP contribution < -0.4 is 5.11 Å². The standard InChI is InChI=1S/C15H21NO2/c1-16(10-6-3-7-11-16)14(15(17)18)12-13-8-4-2-5-9-13/h2,4-5,8-9,14H,3,6-7,10-12H2,1H3. The Balaban J connectivity index is 2.15. The smallest absolute Gasteiger partial charge is 0.133 e. The lowest BCUT2D eigenvalue weighted by atomic mass is 9.99. The van der Waals surface area contributed by atoms with Gasteiger partial charge in [0.15, 0.2) is 0 Å². The van der Waals surface area contributed by atoms with Crippen LogP contribution in [0.3, 0.4) is 0 Å². The molecule has 1 heterocycles. The van der Waals surface area contributed by atoms with Gasteiger partial charge in [0, 0.05) is 6.42 Å². The highest BCUT2D eigenvalue weighted by Gasteiger charge is 2.35. The zero-order chi connectivity index (χ0) is 13.0. The number of nitrogens with zero attached hydrogens (tertiary/aromatic N) is 1. The summed E-state index contributed by atoms with van der Waals surface area (Å²) in [6.45, 7) is 1.90. The number of carboxylic acids is 1. The molecule has 0 radical (unpaired) electrons. The second kappa shape index (κ2) is 5.53. The van der Waals surface area contributed by atoms with Crippen molar-refractivity contribution in [3.8, 4) is 0 Å². The molecule has 0 bridgehead atoms. The molecule has 1 aliphatic heterocycles. The van der Waals surface area contributed by atoms with E-state index in [9.17, 15) is 9.90 Å². The highest BCUT2D eigenvalue weighted by atomic mass is 16.4. The van der Waals surface area contributed by atoms with Crippen molar-refractivity contribution in [1.82, 2.24) is 0 Å². The van der Waals surface area contributed by atoms with Gasteiger partial charge >= 0.3 is 0 Å². The van der Waals surface area contributed by atoms with E-state index in [2.05, 4.69) is 7.05 Å². The fourth-order valence-corrected chi connectivity index (χ4v) is 2.94. The zero-order valence-electron chi connectivity index (χ0n) is 11.0. The molecule has 1 atom stereocenters. The van der Waals surface area contributed by atoms with Crippen LogP contribution >= 0.6 is 0 Å². The molecule has 0 N–H and O–H groups in total. The van der Waals surface area contributed by atoms with Gasteiger partial charge in [-0.05, 0) is 24.8 Å². The van der Waals surface area contributed by atoms with Gasteiger partial charge in [-0.1, -0.05) is 30.3 Å². The fourth-order valence-electron chi connectivity index (χ4n) is 2.94. The summed E-state index contributed by atoms with van der Waals surface area (Å²) in [5.74, 6) is -0.914. The predicted octanol–water partition coefficient (Wildman–Crippen LogP) is 0.978. The molecular formula is C15H21NO2. The number of hydrogen-bond acceptors (Lipinski definition) is 2. The second-order valence-corrected chi connectivity index (χ2v) is 5.51. The Morgan fingerprint density at radius 2 is 1.83 bits per heavy atom. The minimum atomic E-state index is -0.914. The molecule has 0 saturated carbocycles. The summed E-state index contributed by atoms with van der Waals surface area (Å²) < 4.78 is 0.622. The molecule has 1 saturated heterocycles. The maximum Gasteiger partial charge on any atom is 0.133 e. The van der Waals surface area contributed by atoms with E-state index in [1.54, 1.807) is 0 Å². The molecule has 0 spiro atoms. The minimum Gasteiger partial charge on any atom is -0.544 e. The first-order chi connectivity index (χ1) is 8.62. The van der Waals surface area contributed by atoms with Crippen LogP contribution in [0.1, 0.15) is 24.8 Å². The van der Waals surface area contributed by atoms with Gasteiger partial charge in [0.05, 0.1) is 26.1 Å². The fraction of sp³-hybridized carbons (Fsp3) is 0.533. The molecule has 1 aliphatic rings. The lowest BCUT2D eigenvalue weighted by Crippen LogP contribution is -2.62. The number of benzene rings is 1. The third-order valence-corrected chi connectivity index (χ3v) is 4.13. The van der Waals surface area contributed by atoms with Gasteiger partial charge in [0.25, 0.3) is 0 Å². The number of piperidine rings is 1. The van der Waals surface area contributed by atoms with Gasteiger partial charge in [-0.25, -0.2) is 0 Å². The van der Waals surface area contributed by atoms with E-state index in [-0.39, 0.29) is 0 Å². The first-order valence-electron chi connectivity index (χ1n) is 6.71. The molecule has 2 rings (SSSR count). The first kappa shape index (κ1) is 13.1. The van der Waals surface area contributed by atoms with Gasteiger partial charge < -0.3 is 14.4 Å². The highest BCUT2D eigenvalue weighted by Crippen LogP contribution is 2.22. The van der Waals surface area contributed by atoms with E-state index < -0.39 is 12.0 Å². The van der Waals surface area contributed by atoms with E-state index in [4.69, 9.17) is 0 Å². The average molecular weight is 247 g/mol. The molecule has 3 heteroatoms. The average Bonchev–Trinajstić information content (AvgIpc) is 2.37. The Bertz CT molecular complexity index is 396. The number of carbonyl (C=O) groups is 1. The Morgan fingerprint density at radius 1 is 1.22 bits per heavy atom. The number of carboxylic acid groups (broad SMARTS) is 1. The van der Waals surface area contributed by atoms with Crippen LogP contribution in [0, 0.1) is 0 Å².